The average molecular weight is 266 g/mol. The minimum absolute atomic E-state index is 0.380. The van der Waals surface area contributed by atoms with E-state index in [-0.39, 0.29) is 5.79 Å². The van der Waals surface area contributed by atoms with E-state index in [1.165, 1.54) is 32.1 Å². The fourth-order valence-corrected chi connectivity index (χ4v) is 5.41. The van der Waals surface area contributed by atoms with Crippen LogP contribution in [0.5, 0.6) is 0 Å². The van der Waals surface area contributed by atoms with Crippen molar-refractivity contribution < 1.29 is 9.47 Å². The molecule has 0 aromatic carbocycles. The van der Waals surface area contributed by atoms with Crippen molar-refractivity contribution in [2.75, 3.05) is 6.61 Å². The zero-order chi connectivity index (χ0) is 13.9. The lowest BCUT2D eigenvalue weighted by Crippen LogP contribution is -2.59. The third-order valence-electron chi connectivity index (χ3n) is 6.36. The Bertz CT molecular complexity index is 360. The second kappa shape index (κ2) is 4.21. The van der Waals surface area contributed by atoms with Crippen LogP contribution in [0.1, 0.15) is 66.7 Å². The minimum atomic E-state index is -0.380. The Balaban J connectivity index is 1.87. The number of fused-ring (bicyclic) bond motifs is 3. The predicted molar refractivity (Wildman–Crippen MR) is 76.9 cm³/mol. The predicted octanol–water partition coefficient (Wildman–Crippen LogP) is 4.38. The molecule has 0 N–H and O–H groups in total. The molecule has 2 nitrogen and oxygen atoms in total. The summed E-state index contributed by atoms with van der Waals surface area (Å²) >= 11 is 0. The van der Waals surface area contributed by atoms with Gasteiger partial charge in [0.15, 0.2) is 5.79 Å². The van der Waals surface area contributed by atoms with Gasteiger partial charge in [0, 0.05) is 5.92 Å². The van der Waals surface area contributed by atoms with E-state index < -0.39 is 0 Å². The average Bonchev–Trinajstić information content (AvgIpc) is 2.25. The summed E-state index contributed by atoms with van der Waals surface area (Å²) in [6.45, 7) is 12.5. The van der Waals surface area contributed by atoms with Crippen LogP contribution < -0.4 is 0 Å². The summed E-state index contributed by atoms with van der Waals surface area (Å²) in [7, 11) is 0. The molecule has 4 atom stereocenters. The van der Waals surface area contributed by atoms with Crippen molar-refractivity contribution in [1.29, 1.82) is 0 Å². The molecule has 2 aliphatic carbocycles. The van der Waals surface area contributed by atoms with E-state index in [9.17, 15) is 0 Å². The van der Waals surface area contributed by atoms with E-state index in [1.54, 1.807) is 0 Å². The van der Waals surface area contributed by atoms with Gasteiger partial charge in [-0.15, -0.1) is 0 Å². The molecule has 0 aromatic heterocycles. The summed E-state index contributed by atoms with van der Waals surface area (Å²) in [5.74, 6) is 1.05. The SMILES string of the molecule is CC1(C)OC[C@@H]2[C@H](CCC3C(C)(C)CCC[C@@]32C)O1. The Morgan fingerprint density at radius 1 is 0.947 bits per heavy atom. The van der Waals surface area contributed by atoms with E-state index in [0.717, 1.165) is 12.5 Å². The van der Waals surface area contributed by atoms with Gasteiger partial charge in [-0.3, -0.25) is 0 Å². The summed E-state index contributed by atoms with van der Waals surface area (Å²) in [6.07, 6.45) is 7.08. The molecular formula is C17H30O2. The topological polar surface area (TPSA) is 18.5 Å². The highest BCUT2D eigenvalue weighted by Gasteiger charge is 2.57. The highest BCUT2D eigenvalue weighted by atomic mass is 16.7. The van der Waals surface area contributed by atoms with Crippen LogP contribution in [0.3, 0.4) is 0 Å². The molecule has 2 saturated carbocycles. The zero-order valence-electron chi connectivity index (χ0n) is 13.3. The van der Waals surface area contributed by atoms with Crippen LogP contribution in [0.4, 0.5) is 0 Å². The van der Waals surface area contributed by atoms with E-state index in [0.29, 0.717) is 22.9 Å². The van der Waals surface area contributed by atoms with Gasteiger partial charge in [0.05, 0.1) is 12.7 Å². The Morgan fingerprint density at radius 2 is 1.68 bits per heavy atom. The van der Waals surface area contributed by atoms with Crippen LogP contribution in [-0.4, -0.2) is 18.5 Å². The molecule has 1 unspecified atom stereocenters. The third kappa shape index (κ3) is 2.15. The number of ether oxygens (including phenoxy) is 2. The lowest BCUT2D eigenvalue weighted by atomic mass is 9.48. The van der Waals surface area contributed by atoms with Gasteiger partial charge in [-0.2, -0.15) is 0 Å². The first-order chi connectivity index (χ1) is 8.75. The summed E-state index contributed by atoms with van der Waals surface area (Å²) in [6, 6.07) is 0. The van der Waals surface area contributed by atoms with Gasteiger partial charge < -0.3 is 9.47 Å². The minimum Gasteiger partial charge on any atom is -0.350 e. The van der Waals surface area contributed by atoms with Crippen molar-refractivity contribution >= 4 is 0 Å². The fourth-order valence-electron chi connectivity index (χ4n) is 5.41. The molecule has 0 spiro atoms. The first-order valence-corrected chi connectivity index (χ1v) is 8.06. The summed E-state index contributed by atoms with van der Waals surface area (Å²) < 4.78 is 12.2. The Hall–Kier alpha value is -0.0800. The molecule has 110 valence electrons. The molecule has 0 bridgehead atoms. The van der Waals surface area contributed by atoms with Crippen LogP contribution in [-0.2, 0) is 9.47 Å². The van der Waals surface area contributed by atoms with Gasteiger partial charge >= 0.3 is 0 Å². The van der Waals surface area contributed by atoms with Gasteiger partial charge in [-0.1, -0.05) is 27.2 Å². The van der Waals surface area contributed by atoms with Crippen molar-refractivity contribution in [3.63, 3.8) is 0 Å². The summed E-state index contributed by atoms with van der Waals surface area (Å²) in [5.41, 5.74) is 0.909. The second-order valence-corrected chi connectivity index (χ2v) is 8.45. The number of hydrogen-bond acceptors (Lipinski definition) is 2. The van der Waals surface area contributed by atoms with Crippen LogP contribution in [0.2, 0.25) is 0 Å². The molecule has 19 heavy (non-hydrogen) atoms. The van der Waals surface area contributed by atoms with Gasteiger partial charge in [-0.25, -0.2) is 0 Å². The summed E-state index contributed by atoms with van der Waals surface area (Å²) in [5, 5.41) is 0. The zero-order valence-corrected chi connectivity index (χ0v) is 13.3. The van der Waals surface area contributed by atoms with E-state index >= 15 is 0 Å². The van der Waals surface area contributed by atoms with E-state index in [4.69, 9.17) is 9.47 Å². The maximum absolute atomic E-state index is 6.24. The molecule has 3 rings (SSSR count). The quantitative estimate of drug-likeness (QED) is 0.648. The van der Waals surface area contributed by atoms with Crippen LogP contribution in [0.15, 0.2) is 0 Å². The molecule has 0 aromatic rings. The molecule has 0 amide bonds. The van der Waals surface area contributed by atoms with Crippen molar-refractivity contribution in [2.45, 2.75) is 78.6 Å². The van der Waals surface area contributed by atoms with Crippen LogP contribution >= 0.6 is 0 Å². The van der Waals surface area contributed by atoms with E-state index in [2.05, 4.69) is 34.6 Å². The van der Waals surface area contributed by atoms with E-state index in [1.807, 2.05) is 0 Å². The molecule has 3 fully saturated rings. The molecule has 1 heterocycles. The van der Waals surface area contributed by atoms with Gasteiger partial charge in [0.25, 0.3) is 0 Å². The fraction of sp³-hybridized carbons (Fsp3) is 1.00. The van der Waals surface area contributed by atoms with Gasteiger partial charge in [0.1, 0.15) is 0 Å². The lowest BCUT2D eigenvalue weighted by molar-refractivity contribution is -0.325. The molecule has 2 heteroatoms. The van der Waals surface area contributed by atoms with Crippen molar-refractivity contribution in [1.82, 2.24) is 0 Å². The third-order valence-corrected chi connectivity index (χ3v) is 6.36. The molecule has 0 radical (unpaired) electrons. The Morgan fingerprint density at radius 3 is 2.42 bits per heavy atom. The molecule has 1 aliphatic heterocycles. The lowest BCUT2D eigenvalue weighted by Gasteiger charge is -2.61. The van der Waals surface area contributed by atoms with Gasteiger partial charge in [0.2, 0.25) is 0 Å². The second-order valence-electron chi connectivity index (χ2n) is 8.45. The Labute approximate surface area is 118 Å². The Kier molecular flexibility index (Phi) is 3.07. The largest absolute Gasteiger partial charge is 0.350 e. The molecule has 3 aliphatic rings. The van der Waals surface area contributed by atoms with Crippen molar-refractivity contribution in [3.8, 4) is 0 Å². The number of rotatable bonds is 0. The first kappa shape index (κ1) is 13.9. The first-order valence-electron chi connectivity index (χ1n) is 8.06. The smallest absolute Gasteiger partial charge is 0.163 e. The standard InChI is InChI=1S/C17H30O2/c1-15(2)9-6-10-17(5)12-11-18-16(3,4)19-13(12)7-8-14(15)17/h12-14H,6-11H2,1-5H3/t12-,13+,14?,17-/m1/s1. The van der Waals surface area contributed by atoms with Crippen molar-refractivity contribution in [2.24, 2.45) is 22.7 Å². The van der Waals surface area contributed by atoms with Gasteiger partial charge in [-0.05, 0) is 56.3 Å². The maximum atomic E-state index is 6.24. The molecule has 1 saturated heterocycles. The molecular weight excluding hydrogens is 236 g/mol. The van der Waals surface area contributed by atoms with Crippen LogP contribution in [0.25, 0.3) is 0 Å². The maximum Gasteiger partial charge on any atom is 0.163 e. The highest BCUT2D eigenvalue weighted by molar-refractivity contribution is 5.05. The summed E-state index contributed by atoms with van der Waals surface area (Å²) in [4.78, 5) is 0. The highest BCUT2D eigenvalue weighted by Crippen LogP contribution is 2.61. The van der Waals surface area contributed by atoms with Crippen LogP contribution in [0, 0.1) is 22.7 Å². The normalized spacial score (nSPS) is 48.2. The number of hydrogen-bond donors (Lipinski definition) is 0. The monoisotopic (exact) mass is 266 g/mol. The van der Waals surface area contributed by atoms with Crippen molar-refractivity contribution in [3.05, 3.63) is 0 Å².